The van der Waals surface area contributed by atoms with Gasteiger partial charge in [-0.25, -0.2) is 8.78 Å². The van der Waals surface area contributed by atoms with Gasteiger partial charge in [0.05, 0.1) is 11.6 Å². The molecule has 2 heterocycles. The number of aromatic nitrogens is 1. The quantitative estimate of drug-likeness (QED) is 0.337. The number of rotatable bonds is 7. The Morgan fingerprint density at radius 1 is 1.10 bits per heavy atom. The number of aliphatic hydroxyl groups is 1. The Hall–Kier alpha value is -2.91. The summed E-state index contributed by atoms with van der Waals surface area (Å²) in [5, 5.41) is 15.9. The maximum atomic E-state index is 13.9. The molecule has 1 saturated heterocycles. The third-order valence-corrected chi connectivity index (χ3v) is 8.58. The second-order valence-corrected chi connectivity index (χ2v) is 13.5. The number of carbonyl (C=O) groups is 2. The van der Waals surface area contributed by atoms with Crippen molar-refractivity contribution >= 4 is 27.7 Å². The number of benzene rings is 1. The first kappa shape index (κ1) is 31.0. The Bertz CT molecular complexity index is 1310. The van der Waals surface area contributed by atoms with Crippen molar-refractivity contribution in [3.8, 4) is 0 Å². The minimum absolute atomic E-state index is 0.000526. The molecule has 2 fully saturated rings. The molecule has 0 bridgehead atoms. The molecule has 2 aliphatic rings. The zero-order chi connectivity index (χ0) is 30.5. The molecule has 228 valence electrons. The van der Waals surface area contributed by atoms with E-state index in [1.54, 1.807) is 6.92 Å². The fourth-order valence-corrected chi connectivity index (χ4v) is 5.81. The van der Waals surface area contributed by atoms with Crippen LogP contribution in [0.25, 0.3) is 0 Å². The van der Waals surface area contributed by atoms with Crippen LogP contribution in [0.1, 0.15) is 56.2 Å². The highest BCUT2D eigenvalue weighted by molar-refractivity contribution is 8.45. The van der Waals surface area contributed by atoms with E-state index in [4.69, 9.17) is 0 Å². The predicted octanol–water partition coefficient (Wildman–Crippen LogP) is 5.93. The average molecular weight is 613 g/mol. The number of anilines is 1. The lowest BCUT2D eigenvalue weighted by Crippen LogP contribution is -2.52. The first-order valence-electron chi connectivity index (χ1n) is 12.9. The minimum Gasteiger partial charge on any atom is -0.389 e. The van der Waals surface area contributed by atoms with Crippen molar-refractivity contribution in [1.82, 2.24) is 15.6 Å². The summed E-state index contributed by atoms with van der Waals surface area (Å²) in [6.45, 7) is 3.08. The maximum absolute atomic E-state index is 13.9. The van der Waals surface area contributed by atoms with Crippen molar-refractivity contribution in [1.29, 1.82) is 0 Å². The molecule has 1 saturated carbocycles. The highest BCUT2D eigenvalue weighted by Crippen LogP contribution is 3.02. The Labute approximate surface area is 232 Å². The number of nitrogens with one attached hydrogen (secondary N) is 2. The Morgan fingerprint density at radius 3 is 2.22 bits per heavy atom. The minimum atomic E-state index is -10.0. The van der Waals surface area contributed by atoms with Crippen LogP contribution < -0.4 is 15.5 Å². The molecule has 41 heavy (non-hydrogen) atoms. The molecule has 3 N–H and O–H groups in total. The fourth-order valence-electron chi connectivity index (χ4n) is 5.16. The number of hydrogen-bond donors (Lipinski definition) is 3. The monoisotopic (exact) mass is 612 g/mol. The molecule has 4 rings (SSSR count). The van der Waals surface area contributed by atoms with Gasteiger partial charge in [-0.05, 0) is 62.6 Å². The predicted molar refractivity (Wildman–Crippen MR) is 139 cm³/mol. The van der Waals surface area contributed by atoms with Crippen LogP contribution in [0.2, 0.25) is 0 Å². The third kappa shape index (κ3) is 7.30. The van der Waals surface area contributed by atoms with E-state index in [0.717, 1.165) is 4.90 Å². The molecule has 0 radical (unpaired) electrons. The van der Waals surface area contributed by atoms with E-state index in [9.17, 15) is 42.9 Å². The van der Waals surface area contributed by atoms with Gasteiger partial charge in [0.2, 0.25) is 17.7 Å². The standard InChI is InChI=1S/C26H31F7N4O3S/c1-16-9-12-34-14-20(16)22(23(38)36-17-7-10-26(27,28)11-8-17)37(24(39)21-13-25(2,40)15-35-21)18-3-5-19(6-4-18)41(29,30,31,32)33/h3-6,9,12,14,17,21-22,35,40H,7-8,10-11,13,15H2,1-2H3,(H,36,38). The summed E-state index contributed by atoms with van der Waals surface area (Å²) < 4.78 is 94.7. The van der Waals surface area contributed by atoms with Crippen LogP contribution in [-0.4, -0.2) is 52.1 Å². The first-order valence-corrected chi connectivity index (χ1v) is 14.8. The van der Waals surface area contributed by atoms with E-state index in [0.29, 0.717) is 17.7 Å². The maximum Gasteiger partial charge on any atom is 0.310 e. The number of nitrogens with zero attached hydrogens (tertiary/aromatic N) is 2. The van der Waals surface area contributed by atoms with Crippen LogP contribution in [0.3, 0.4) is 0 Å². The number of alkyl halides is 2. The van der Waals surface area contributed by atoms with Crippen LogP contribution >= 0.6 is 10.2 Å². The molecular formula is C26H31F7N4O3S. The van der Waals surface area contributed by atoms with E-state index < -0.39 is 69.4 Å². The normalized spacial score (nSPS) is 25.6. The lowest BCUT2D eigenvalue weighted by atomic mass is 9.91. The van der Waals surface area contributed by atoms with Crippen LogP contribution in [0.5, 0.6) is 0 Å². The number of carbonyl (C=O) groups excluding carboxylic acids is 2. The summed E-state index contributed by atoms with van der Waals surface area (Å²) in [6.07, 6.45) is 1.58. The summed E-state index contributed by atoms with van der Waals surface area (Å²) in [5.41, 5.74) is -0.954. The number of aryl methyl sites for hydroxylation is 1. The Morgan fingerprint density at radius 2 is 1.71 bits per heavy atom. The van der Waals surface area contributed by atoms with Crippen molar-refractivity contribution in [2.24, 2.45) is 0 Å². The molecule has 1 aromatic heterocycles. The smallest absolute Gasteiger partial charge is 0.310 e. The van der Waals surface area contributed by atoms with E-state index in [2.05, 4.69) is 15.6 Å². The van der Waals surface area contributed by atoms with Gasteiger partial charge >= 0.3 is 10.2 Å². The van der Waals surface area contributed by atoms with Crippen LogP contribution in [0.15, 0.2) is 47.6 Å². The highest BCUT2D eigenvalue weighted by atomic mass is 32.5. The second-order valence-electron chi connectivity index (χ2n) is 11.1. The zero-order valence-corrected chi connectivity index (χ0v) is 23.0. The van der Waals surface area contributed by atoms with Crippen LogP contribution in [0.4, 0.5) is 33.9 Å². The zero-order valence-electron chi connectivity index (χ0n) is 22.2. The van der Waals surface area contributed by atoms with E-state index in [-0.39, 0.29) is 49.2 Å². The average Bonchev–Trinajstić information content (AvgIpc) is 3.22. The molecule has 0 spiro atoms. The summed E-state index contributed by atoms with van der Waals surface area (Å²) in [4.78, 5) is 30.5. The van der Waals surface area contributed by atoms with Gasteiger partial charge in [-0.2, -0.15) is 0 Å². The van der Waals surface area contributed by atoms with Gasteiger partial charge in [0.1, 0.15) is 10.9 Å². The number of hydrogen-bond acceptors (Lipinski definition) is 5. The van der Waals surface area contributed by atoms with E-state index >= 15 is 0 Å². The van der Waals surface area contributed by atoms with Crippen molar-refractivity contribution in [2.45, 2.75) is 80.5 Å². The lowest BCUT2D eigenvalue weighted by Gasteiger charge is -2.41. The topological polar surface area (TPSA) is 94.6 Å². The highest BCUT2D eigenvalue weighted by Gasteiger charge is 2.65. The summed E-state index contributed by atoms with van der Waals surface area (Å²) in [6, 6.07) is -0.142. The number of amides is 2. The van der Waals surface area contributed by atoms with Crippen LogP contribution in [-0.2, 0) is 9.59 Å². The molecule has 7 nitrogen and oxygen atoms in total. The molecule has 2 amide bonds. The molecule has 3 atom stereocenters. The second kappa shape index (κ2) is 9.83. The SMILES string of the molecule is Cc1ccncc1C(C(=O)NC1CCC(F)(F)CC1)N(C(=O)C1CC(C)(O)CN1)c1ccc(S(F)(F)(F)(F)F)cc1. The fraction of sp³-hybridized carbons (Fsp3) is 0.500. The summed E-state index contributed by atoms with van der Waals surface area (Å²) in [5.74, 6) is -4.51. The van der Waals surface area contributed by atoms with Gasteiger partial charge in [0, 0.05) is 55.5 Å². The molecule has 1 aliphatic carbocycles. The van der Waals surface area contributed by atoms with Gasteiger partial charge in [-0.3, -0.25) is 19.5 Å². The third-order valence-electron chi connectivity index (χ3n) is 7.41. The van der Waals surface area contributed by atoms with Crippen molar-refractivity contribution < 1.29 is 42.9 Å². The van der Waals surface area contributed by atoms with Crippen molar-refractivity contribution in [2.75, 3.05) is 11.4 Å². The molecule has 3 unspecified atom stereocenters. The molecule has 2 aromatic rings. The number of pyridine rings is 1. The van der Waals surface area contributed by atoms with Gasteiger partial charge in [0.15, 0.2) is 0 Å². The Kier molecular flexibility index (Phi) is 7.44. The van der Waals surface area contributed by atoms with Gasteiger partial charge < -0.3 is 15.7 Å². The lowest BCUT2D eigenvalue weighted by molar-refractivity contribution is -0.128. The van der Waals surface area contributed by atoms with E-state index in [1.807, 2.05) is 0 Å². The van der Waals surface area contributed by atoms with Gasteiger partial charge in [-0.1, -0.05) is 19.4 Å². The molecule has 1 aliphatic heterocycles. The number of β-amino-alcohol motifs (C(OH)–C–C–N with tert-alkyl or cyclic N) is 1. The summed E-state index contributed by atoms with van der Waals surface area (Å²) in [7, 11) is -10.0. The van der Waals surface area contributed by atoms with Crippen LogP contribution in [0, 0.1) is 6.92 Å². The van der Waals surface area contributed by atoms with Crippen molar-refractivity contribution in [3.05, 3.63) is 53.9 Å². The van der Waals surface area contributed by atoms with E-state index in [1.165, 1.54) is 25.4 Å². The molecule has 15 heteroatoms. The van der Waals surface area contributed by atoms with Gasteiger partial charge in [0.25, 0.3) is 0 Å². The summed E-state index contributed by atoms with van der Waals surface area (Å²) >= 11 is 0. The number of halogens is 7. The first-order chi connectivity index (χ1) is 18.7. The Balaban J connectivity index is 1.80. The molecular weight excluding hydrogens is 581 g/mol. The molecule has 1 aromatic carbocycles. The van der Waals surface area contributed by atoms with Gasteiger partial charge in [-0.15, -0.1) is 0 Å². The largest absolute Gasteiger partial charge is 0.389 e. The van der Waals surface area contributed by atoms with Crippen molar-refractivity contribution in [3.63, 3.8) is 0 Å².